The summed E-state index contributed by atoms with van der Waals surface area (Å²) in [6, 6.07) is 12.0. The van der Waals surface area contributed by atoms with E-state index in [9.17, 15) is 4.39 Å². The quantitative estimate of drug-likeness (QED) is 0.888. The molecule has 0 bridgehead atoms. The molecular weight excluding hydrogens is 229 g/mol. The summed E-state index contributed by atoms with van der Waals surface area (Å²) >= 11 is 0. The molecule has 3 heteroatoms. The number of hydrogen-bond donors (Lipinski definition) is 1. The number of benzene rings is 2. The smallest absolute Gasteiger partial charge is 0.133 e. The summed E-state index contributed by atoms with van der Waals surface area (Å²) in [7, 11) is 0. The highest BCUT2D eigenvalue weighted by Crippen LogP contribution is 2.27. The fraction of sp³-hybridized carbons (Fsp3) is 0.200. The van der Waals surface area contributed by atoms with Gasteiger partial charge in [-0.3, -0.25) is 0 Å². The largest absolute Gasteiger partial charge is 0.457 e. The molecule has 0 fully saturated rings. The van der Waals surface area contributed by atoms with Crippen LogP contribution in [0.3, 0.4) is 0 Å². The number of halogens is 1. The van der Waals surface area contributed by atoms with E-state index in [2.05, 4.69) is 0 Å². The lowest BCUT2D eigenvalue weighted by molar-refractivity contribution is 0.472. The molecule has 0 aliphatic rings. The van der Waals surface area contributed by atoms with Gasteiger partial charge >= 0.3 is 0 Å². The van der Waals surface area contributed by atoms with Gasteiger partial charge < -0.3 is 10.5 Å². The van der Waals surface area contributed by atoms with Crippen LogP contribution in [-0.4, -0.2) is 0 Å². The van der Waals surface area contributed by atoms with Gasteiger partial charge in [-0.05, 0) is 43.2 Å². The predicted octanol–water partition coefficient (Wildman–Crippen LogP) is 3.95. The summed E-state index contributed by atoms with van der Waals surface area (Å²) in [5.74, 6) is 0.884. The number of rotatable bonds is 3. The molecule has 2 aromatic rings. The van der Waals surface area contributed by atoms with Crippen molar-refractivity contribution in [2.45, 2.75) is 19.9 Å². The molecule has 2 nitrogen and oxygen atoms in total. The van der Waals surface area contributed by atoms with E-state index >= 15 is 0 Å². The molecule has 2 rings (SSSR count). The van der Waals surface area contributed by atoms with E-state index in [1.54, 1.807) is 6.07 Å². The Hall–Kier alpha value is -1.87. The van der Waals surface area contributed by atoms with E-state index in [4.69, 9.17) is 10.5 Å². The van der Waals surface area contributed by atoms with Gasteiger partial charge in [0.2, 0.25) is 0 Å². The van der Waals surface area contributed by atoms with Crippen LogP contribution in [0.25, 0.3) is 0 Å². The summed E-state index contributed by atoms with van der Waals surface area (Å²) in [6.07, 6.45) is 0. The Bertz CT molecular complexity index is 552. The second-order valence-corrected chi connectivity index (χ2v) is 4.37. The molecular formula is C15H16FNO. The molecule has 0 spiro atoms. The lowest BCUT2D eigenvalue weighted by Crippen LogP contribution is -2.04. The molecule has 2 N–H and O–H groups in total. The minimum absolute atomic E-state index is 0.0536. The Kier molecular flexibility index (Phi) is 3.63. The van der Waals surface area contributed by atoms with Gasteiger partial charge in [-0.1, -0.05) is 18.2 Å². The Balaban J connectivity index is 2.28. The second-order valence-electron chi connectivity index (χ2n) is 4.37. The fourth-order valence-electron chi connectivity index (χ4n) is 1.67. The number of hydrogen-bond acceptors (Lipinski definition) is 2. The van der Waals surface area contributed by atoms with Crippen molar-refractivity contribution in [3.8, 4) is 11.5 Å². The van der Waals surface area contributed by atoms with Crippen LogP contribution in [0.5, 0.6) is 11.5 Å². The first kappa shape index (κ1) is 12.6. The van der Waals surface area contributed by atoms with E-state index < -0.39 is 0 Å². The van der Waals surface area contributed by atoms with E-state index in [0.29, 0.717) is 11.5 Å². The lowest BCUT2D eigenvalue weighted by Gasteiger charge is -2.11. The van der Waals surface area contributed by atoms with E-state index in [1.807, 2.05) is 38.1 Å². The van der Waals surface area contributed by atoms with E-state index in [1.165, 1.54) is 12.1 Å². The van der Waals surface area contributed by atoms with Crippen molar-refractivity contribution in [2.75, 3.05) is 0 Å². The zero-order valence-corrected chi connectivity index (χ0v) is 10.5. The molecule has 0 saturated carbocycles. The minimum atomic E-state index is -0.307. The highest BCUT2D eigenvalue weighted by molar-refractivity contribution is 5.39. The maximum Gasteiger partial charge on any atom is 0.133 e. The van der Waals surface area contributed by atoms with Crippen LogP contribution >= 0.6 is 0 Å². The average Bonchev–Trinajstić information content (AvgIpc) is 2.34. The molecule has 0 aromatic heterocycles. The molecule has 18 heavy (non-hydrogen) atoms. The van der Waals surface area contributed by atoms with Crippen molar-refractivity contribution in [3.63, 3.8) is 0 Å². The Morgan fingerprint density at radius 2 is 1.94 bits per heavy atom. The van der Waals surface area contributed by atoms with Crippen molar-refractivity contribution in [1.29, 1.82) is 0 Å². The molecule has 1 unspecified atom stereocenters. The first-order valence-corrected chi connectivity index (χ1v) is 5.86. The third-order valence-electron chi connectivity index (χ3n) is 2.76. The third-order valence-corrected chi connectivity index (χ3v) is 2.76. The maximum absolute atomic E-state index is 13.2. The summed E-state index contributed by atoms with van der Waals surface area (Å²) in [5.41, 5.74) is 7.69. The Morgan fingerprint density at radius 3 is 2.67 bits per heavy atom. The van der Waals surface area contributed by atoms with Gasteiger partial charge in [0.15, 0.2) is 0 Å². The lowest BCUT2D eigenvalue weighted by atomic mass is 10.1. The van der Waals surface area contributed by atoms with Crippen LogP contribution in [0.2, 0.25) is 0 Å². The molecule has 1 atom stereocenters. The molecule has 94 valence electrons. The zero-order valence-electron chi connectivity index (χ0n) is 10.5. The standard InChI is InChI=1S/C15H16FNO/c1-10-6-7-13(16)9-15(10)18-14-5-3-4-12(8-14)11(2)17/h3-9,11H,17H2,1-2H3. The van der Waals surface area contributed by atoms with Crippen LogP contribution in [0.4, 0.5) is 4.39 Å². The molecule has 0 amide bonds. The second kappa shape index (κ2) is 5.19. The van der Waals surface area contributed by atoms with Crippen molar-refractivity contribution in [1.82, 2.24) is 0 Å². The van der Waals surface area contributed by atoms with Gasteiger partial charge in [-0.15, -0.1) is 0 Å². The Labute approximate surface area is 106 Å². The fourth-order valence-corrected chi connectivity index (χ4v) is 1.67. The Morgan fingerprint density at radius 1 is 1.17 bits per heavy atom. The van der Waals surface area contributed by atoms with E-state index in [0.717, 1.165) is 11.1 Å². The summed E-state index contributed by atoms with van der Waals surface area (Å²) in [6.45, 7) is 3.79. The topological polar surface area (TPSA) is 35.2 Å². The van der Waals surface area contributed by atoms with Gasteiger partial charge in [0, 0.05) is 12.1 Å². The summed E-state index contributed by atoms with van der Waals surface area (Å²) < 4.78 is 18.8. The normalized spacial score (nSPS) is 12.2. The van der Waals surface area contributed by atoms with Gasteiger partial charge in [-0.25, -0.2) is 4.39 Å². The highest BCUT2D eigenvalue weighted by atomic mass is 19.1. The maximum atomic E-state index is 13.2. The minimum Gasteiger partial charge on any atom is -0.457 e. The van der Waals surface area contributed by atoms with Crippen molar-refractivity contribution >= 4 is 0 Å². The molecule has 0 aliphatic carbocycles. The van der Waals surface area contributed by atoms with Gasteiger partial charge in [0.1, 0.15) is 17.3 Å². The molecule has 0 aliphatic heterocycles. The summed E-state index contributed by atoms with van der Waals surface area (Å²) in [5, 5.41) is 0. The molecule has 0 saturated heterocycles. The van der Waals surface area contributed by atoms with Gasteiger partial charge in [0.05, 0.1) is 0 Å². The van der Waals surface area contributed by atoms with E-state index in [-0.39, 0.29) is 11.9 Å². The average molecular weight is 245 g/mol. The monoisotopic (exact) mass is 245 g/mol. The third kappa shape index (κ3) is 2.87. The zero-order chi connectivity index (χ0) is 13.1. The van der Waals surface area contributed by atoms with Gasteiger partial charge in [-0.2, -0.15) is 0 Å². The summed E-state index contributed by atoms with van der Waals surface area (Å²) in [4.78, 5) is 0. The van der Waals surface area contributed by atoms with Crippen LogP contribution in [0.1, 0.15) is 24.1 Å². The highest BCUT2D eigenvalue weighted by Gasteiger charge is 2.05. The van der Waals surface area contributed by atoms with Crippen molar-refractivity contribution in [3.05, 3.63) is 59.4 Å². The SMILES string of the molecule is Cc1ccc(F)cc1Oc1cccc(C(C)N)c1. The first-order chi connectivity index (χ1) is 8.56. The first-order valence-electron chi connectivity index (χ1n) is 5.86. The number of ether oxygens (including phenoxy) is 1. The van der Waals surface area contributed by atoms with Crippen molar-refractivity contribution < 1.29 is 9.13 Å². The molecule has 0 heterocycles. The predicted molar refractivity (Wildman–Crippen MR) is 70.3 cm³/mol. The molecule has 2 aromatic carbocycles. The van der Waals surface area contributed by atoms with Crippen LogP contribution < -0.4 is 10.5 Å². The van der Waals surface area contributed by atoms with Crippen LogP contribution in [-0.2, 0) is 0 Å². The van der Waals surface area contributed by atoms with Gasteiger partial charge in [0.25, 0.3) is 0 Å². The van der Waals surface area contributed by atoms with Crippen LogP contribution in [0.15, 0.2) is 42.5 Å². The van der Waals surface area contributed by atoms with Crippen molar-refractivity contribution in [2.24, 2.45) is 5.73 Å². The molecule has 0 radical (unpaired) electrons. The number of nitrogens with two attached hydrogens (primary N) is 1. The number of aryl methyl sites for hydroxylation is 1. The van der Waals surface area contributed by atoms with Crippen LogP contribution in [0, 0.1) is 12.7 Å².